The molecule has 1 heterocycles. The highest BCUT2D eigenvalue weighted by Gasteiger charge is 2.31. The fraction of sp³-hybridized carbons (Fsp3) is 0.500. The fourth-order valence-electron chi connectivity index (χ4n) is 3.07. The quantitative estimate of drug-likeness (QED) is 0.748. The molecule has 0 spiro atoms. The van der Waals surface area contributed by atoms with Crippen molar-refractivity contribution in [3.8, 4) is 0 Å². The van der Waals surface area contributed by atoms with E-state index in [1.54, 1.807) is 0 Å². The van der Waals surface area contributed by atoms with E-state index >= 15 is 0 Å². The second-order valence-electron chi connectivity index (χ2n) is 4.94. The number of carbonyl (C=O) groups excluding carboxylic acids is 1. The van der Waals surface area contributed by atoms with Crippen LogP contribution in [0.4, 0.5) is 0 Å². The van der Waals surface area contributed by atoms with Crippen LogP contribution in [0.25, 0.3) is 0 Å². The van der Waals surface area contributed by atoms with Gasteiger partial charge < -0.3 is 4.90 Å². The summed E-state index contributed by atoms with van der Waals surface area (Å²) in [6.45, 7) is 0.912. The van der Waals surface area contributed by atoms with E-state index < -0.39 is 0 Å². The number of benzene rings is 1. The minimum atomic E-state index is 0.271. The maximum atomic E-state index is 11.9. The van der Waals surface area contributed by atoms with Crippen LogP contribution in [0, 0.1) is 0 Å². The third-order valence-corrected chi connectivity index (χ3v) is 4.11. The Morgan fingerprint density at radius 3 is 2.88 bits per heavy atom. The van der Waals surface area contributed by atoms with Crippen LogP contribution >= 0.6 is 11.6 Å². The molecule has 1 fully saturated rings. The summed E-state index contributed by atoms with van der Waals surface area (Å²) in [6, 6.07) is 6.39. The van der Waals surface area contributed by atoms with Crippen LogP contribution in [0.2, 0.25) is 5.02 Å². The van der Waals surface area contributed by atoms with Crippen molar-refractivity contribution in [2.45, 2.75) is 38.1 Å². The molecule has 1 aliphatic heterocycles. The Morgan fingerprint density at radius 1 is 1.24 bits per heavy atom. The van der Waals surface area contributed by atoms with Crippen molar-refractivity contribution in [1.82, 2.24) is 4.90 Å². The zero-order valence-electron chi connectivity index (χ0n) is 9.79. The average molecular weight is 250 g/mol. The molecule has 2 nitrogen and oxygen atoms in total. The van der Waals surface area contributed by atoms with Crippen molar-refractivity contribution in [3.63, 3.8) is 0 Å². The summed E-state index contributed by atoms with van der Waals surface area (Å²) < 4.78 is 0. The predicted molar refractivity (Wildman–Crippen MR) is 68.1 cm³/mol. The summed E-state index contributed by atoms with van der Waals surface area (Å²) >= 11 is 6.08. The zero-order valence-corrected chi connectivity index (χ0v) is 10.5. The first-order valence-corrected chi connectivity index (χ1v) is 6.71. The monoisotopic (exact) mass is 249 g/mol. The molecule has 1 atom stereocenters. The van der Waals surface area contributed by atoms with Crippen molar-refractivity contribution >= 4 is 17.5 Å². The van der Waals surface area contributed by atoms with Crippen molar-refractivity contribution in [1.29, 1.82) is 0 Å². The van der Waals surface area contributed by atoms with Gasteiger partial charge in [0, 0.05) is 18.0 Å². The van der Waals surface area contributed by atoms with E-state index in [9.17, 15) is 4.79 Å². The van der Waals surface area contributed by atoms with Gasteiger partial charge in [-0.3, -0.25) is 4.79 Å². The molecular formula is C14H16ClNO. The van der Waals surface area contributed by atoms with Gasteiger partial charge in [0.2, 0.25) is 5.91 Å². The fourth-order valence-corrected chi connectivity index (χ4v) is 3.25. The van der Waals surface area contributed by atoms with Gasteiger partial charge in [0.1, 0.15) is 0 Å². The number of halogens is 1. The van der Waals surface area contributed by atoms with Crippen LogP contribution in [0.15, 0.2) is 18.2 Å². The molecule has 0 aromatic heterocycles. The molecule has 3 heteroatoms. The lowest BCUT2D eigenvalue weighted by atomic mass is 9.87. The molecule has 1 aromatic rings. The smallest absolute Gasteiger partial charge is 0.223 e. The summed E-state index contributed by atoms with van der Waals surface area (Å²) in [7, 11) is 0. The number of hydrogen-bond acceptors (Lipinski definition) is 1. The predicted octanol–water partition coefficient (Wildman–Crippen LogP) is 3.34. The largest absolute Gasteiger partial charge is 0.336 e. The van der Waals surface area contributed by atoms with Gasteiger partial charge in [0.05, 0.1) is 6.04 Å². The van der Waals surface area contributed by atoms with Gasteiger partial charge in [0.25, 0.3) is 0 Å². The Hall–Kier alpha value is -1.02. The third-order valence-electron chi connectivity index (χ3n) is 3.88. The highest BCUT2D eigenvalue weighted by molar-refractivity contribution is 6.30. The summed E-state index contributed by atoms with van der Waals surface area (Å²) in [5, 5.41) is 0.780. The van der Waals surface area contributed by atoms with E-state index in [0.29, 0.717) is 12.3 Å². The molecule has 1 aromatic carbocycles. The van der Waals surface area contributed by atoms with Crippen LogP contribution in [0.5, 0.6) is 0 Å². The maximum absolute atomic E-state index is 11.9. The third kappa shape index (κ3) is 1.95. The lowest BCUT2D eigenvalue weighted by molar-refractivity contribution is -0.130. The number of carbonyl (C=O) groups is 1. The topological polar surface area (TPSA) is 20.3 Å². The number of hydrogen-bond donors (Lipinski definition) is 0. The van der Waals surface area contributed by atoms with E-state index in [1.807, 2.05) is 17.0 Å². The second-order valence-corrected chi connectivity index (χ2v) is 5.38. The molecule has 2 aliphatic rings. The van der Waals surface area contributed by atoms with Crippen LogP contribution in [-0.4, -0.2) is 17.4 Å². The molecule has 1 amide bonds. The zero-order chi connectivity index (χ0) is 11.8. The lowest BCUT2D eigenvalue weighted by Crippen LogP contribution is -2.32. The number of fused-ring (bicyclic) bond motifs is 1. The molecule has 90 valence electrons. The van der Waals surface area contributed by atoms with Crippen LogP contribution in [-0.2, 0) is 11.2 Å². The molecule has 3 rings (SSSR count). The molecule has 0 N–H and O–H groups in total. The van der Waals surface area contributed by atoms with Gasteiger partial charge in [-0.25, -0.2) is 0 Å². The molecule has 1 aliphatic carbocycles. The van der Waals surface area contributed by atoms with Crippen molar-refractivity contribution in [2.24, 2.45) is 0 Å². The Bertz CT molecular complexity index is 458. The summed E-state index contributed by atoms with van der Waals surface area (Å²) in [6.07, 6.45) is 5.09. The van der Waals surface area contributed by atoms with Crippen molar-refractivity contribution in [2.75, 3.05) is 6.54 Å². The first kappa shape index (κ1) is 11.1. The molecule has 0 bridgehead atoms. The molecule has 0 radical (unpaired) electrons. The maximum Gasteiger partial charge on any atom is 0.223 e. The van der Waals surface area contributed by atoms with E-state index in [0.717, 1.165) is 30.8 Å². The van der Waals surface area contributed by atoms with Crippen LogP contribution in [0.3, 0.4) is 0 Å². The first-order valence-electron chi connectivity index (χ1n) is 6.33. The van der Waals surface area contributed by atoms with Gasteiger partial charge in [-0.05, 0) is 48.9 Å². The SMILES string of the molecule is O=C1CCCN1C1CCCc2ccc(Cl)cc21. The average Bonchev–Trinajstić information content (AvgIpc) is 2.74. The minimum absolute atomic E-state index is 0.271. The van der Waals surface area contributed by atoms with Gasteiger partial charge in [-0.1, -0.05) is 17.7 Å². The number of likely N-dealkylation sites (tertiary alicyclic amines) is 1. The number of aryl methyl sites for hydroxylation is 1. The number of amides is 1. The molecule has 17 heavy (non-hydrogen) atoms. The van der Waals surface area contributed by atoms with Gasteiger partial charge in [-0.2, -0.15) is 0 Å². The van der Waals surface area contributed by atoms with Gasteiger partial charge in [-0.15, -0.1) is 0 Å². The van der Waals surface area contributed by atoms with Crippen molar-refractivity contribution < 1.29 is 4.79 Å². The van der Waals surface area contributed by atoms with E-state index in [1.165, 1.54) is 17.5 Å². The Kier molecular flexibility index (Phi) is 2.83. The lowest BCUT2D eigenvalue weighted by Gasteiger charge is -2.33. The van der Waals surface area contributed by atoms with Gasteiger partial charge in [0.15, 0.2) is 0 Å². The second kappa shape index (κ2) is 4.34. The Morgan fingerprint density at radius 2 is 2.12 bits per heavy atom. The van der Waals surface area contributed by atoms with E-state index in [4.69, 9.17) is 11.6 Å². The van der Waals surface area contributed by atoms with E-state index in [2.05, 4.69) is 6.07 Å². The highest BCUT2D eigenvalue weighted by Crippen LogP contribution is 2.37. The highest BCUT2D eigenvalue weighted by atomic mass is 35.5. The Labute approximate surface area is 107 Å². The van der Waals surface area contributed by atoms with Gasteiger partial charge >= 0.3 is 0 Å². The summed E-state index contributed by atoms with van der Waals surface area (Å²) in [4.78, 5) is 13.9. The van der Waals surface area contributed by atoms with Crippen molar-refractivity contribution in [3.05, 3.63) is 34.3 Å². The molecular weight excluding hydrogens is 234 g/mol. The Balaban J connectivity index is 1.98. The summed E-state index contributed by atoms with van der Waals surface area (Å²) in [5.74, 6) is 0.308. The van der Waals surface area contributed by atoms with Crippen LogP contribution < -0.4 is 0 Å². The van der Waals surface area contributed by atoms with Crippen LogP contribution in [0.1, 0.15) is 42.9 Å². The molecule has 1 saturated heterocycles. The normalized spacial score (nSPS) is 23.9. The summed E-state index contributed by atoms with van der Waals surface area (Å²) in [5.41, 5.74) is 2.64. The number of rotatable bonds is 1. The minimum Gasteiger partial charge on any atom is -0.336 e. The molecule has 1 unspecified atom stereocenters. The standard InChI is InChI=1S/C14H16ClNO/c15-11-7-6-10-3-1-4-13(12(10)9-11)16-8-2-5-14(16)17/h6-7,9,13H,1-5,8H2. The molecule has 0 saturated carbocycles. The number of nitrogens with zero attached hydrogens (tertiary/aromatic N) is 1. The first-order chi connectivity index (χ1) is 8.25. The van der Waals surface area contributed by atoms with E-state index in [-0.39, 0.29) is 6.04 Å².